The summed E-state index contributed by atoms with van der Waals surface area (Å²) in [6.45, 7) is 0. The molecular weight excluding hydrogens is 375 g/mol. The van der Waals surface area contributed by atoms with Crippen LogP contribution in [-0.4, -0.2) is 30.0 Å². The van der Waals surface area contributed by atoms with Crippen LogP contribution >= 0.6 is 11.8 Å². The van der Waals surface area contributed by atoms with E-state index >= 15 is 0 Å². The highest BCUT2D eigenvalue weighted by Gasteiger charge is 2.23. The van der Waals surface area contributed by atoms with Gasteiger partial charge in [0.1, 0.15) is 5.82 Å². The van der Waals surface area contributed by atoms with E-state index in [2.05, 4.69) is 15.5 Å². The average molecular weight is 392 g/mol. The molecule has 140 valence electrons. The van der Waals surface area contributed by atoms with Gasteiger partial charge in [-0.15, -0.1) is 5.10 Å². The first-order valence-corrected chi connectivity index (χ1v) is 10.1. The lowest BCUT2D eigenvalue weighted by Crippen LogP contribution is -2.02. The van der Waals surface area contributed by atoms with Crippen LogP contribution < -0.4 is 0 Å². The third-order valence-electron chi connectivity index (χ3n) is 4.86. The molecule has 2 aromatic heterocycles. The van der Waals surface area contributed by atoms with E-state index in [1.54, 1.807) is 28.6 Å². The van der Waals surface area contributed by atoms with Crippen molar-refractivity contribution >= 4 is 11.8 Å². The van der Waals surface area contributed by atoms with Gasteiger partial charge in [-0.2, -0.15) is 9.78 Å². The maximum absolute atomic E-state index is 13.3. The smallest absolute Gasteiger partial charge is 0.214 e. The lowest BCUT2D eigenvalue weighted by atomic mass is 10.2. The van der Waals surface area contributed by atoms with Crippen molar-refractivity contribution in [1.29, 1.82) is 0 Å². The Balaban J connectivity index is 1.42. The molecule has 2 aromatic carbocycles. The van der Waals surface area contributed by atoms with E-state index in [-0.39, 0.29) is 5.82 Å². The normalized spacial score (nSPS) is 13.0. The summed E-state index contributed by atoms with van der Waals surface area (Å²) in [5.74, 6) is 0.445. The van der Waals surface area contributed by atoms with Crippen molar-refractivity contribution in [2.75, 3.05) is 0 Å². The molecule has 4 aromatic rings. The maximum atomic E-state index is 13.3. The van der Waals surface area contributed by atoms with E-state index < -0.39 is 0 Å². The van der Waals surface area contributed by atoms with Crippen molar-refractivity contribution in [3.63, 3.8) is 0 Å². The number of halogens is 1. The van der Waals surface area contributed by atoms with Gasteiger partial charge < -0.3 is 0 Å². The predicted molar refractivity (Wildman–Crippen MR) is 104 cm³/mol. The van der Waals surface area contributed by atoms with Gasteiger partial charge in [0.2, 0.25) is 5.16 Å². The number of nitrogens with zero attached hydrogens (tertiary/aromatic N) is 6. The molecular formula is C20H17FN6S. The zero-order valence-corrected chi connectivity index (χ0v) is 15.8. The molecule has 2 heterocycles. The Kier molecular flexibility index (Phi) is 4.40. The molecule has 0 unspecified atom stereocenters. The fourth-order valence-corrected chi connectivity index (χ4v) is 4.41. The highest BCUT2D eigenvalue weighted by atomic mass is 32.2. The van der Waals surface area contributed by atoms with Crippen LogP contribution in [0, 0.1) is 5.82 Å². The number of hydrogen-bond acceptors (Lipinski definition) is 5. The predicted octanol–water partition coefficient (Wildman–Crippen LogP) is 3.77. The van der Waals surface area contributed by atoms with Gasteiger partial charge in [-0.05, 0) is 71.7 Å². The molecule has 1 aliphatic carbocycles. The molecule has 0 spiro atoms. The molecule has 0 saturated carbocycles. The summed E-state index contributed by atoms with van der Waals surface area (Å²) in [6.07, 6.45) is 3.13. The Morgan fingerprint density at radius 1 is 0.929 bits per heavy atom. The third kappa shape index (κ3) is 3.09. The summed E-state index contributed by atoms with van der Waals surface area (Å²) in [7, 11) is 0. The van der Waals surface area contributed by atoms with Gasteiger partial charge in [0.05, 0.1) is 17.1 Å². The first kappa shape index (κ1) is 17.1. The van der Waals surface area contributed by atoms with Crippen molar-refractivity contribution in [2.24, 2.45) is 0 Å². The average Bonchev–Trinajstić information content (AvgIpc) is 3.45. The third-order valence-corrected chi connectivity index (χ3v) is 5.79. The zero-order chi connectivity index (χ0) is 18.9. The fraction of sp³-hybridized carbons (Fsp3) is 0.200. The number of thioether (sulfide) groups is 1. The molecule has 5 rings (SSSR count). The van der Waals surface area contributed by atoms with E-state index in [0.717, 1.165) is 41.5 Å². The summed E-state index contributed by atoms with van der Waals surface area (Å²) in [5.41, 5.74) is 5.40. The van der Waals surface area contributed by atoms with Crippen LogP contribution in [0.15, 0.2) is 59.8 Å². The summed E-state index contributed by atoms with van der Waals surface area (Å²) in [4.78, 5) is 0. The van der Waals surface area contributed by atoms with Crippen LogP contribution in [0.5, 0.6) is 0 Å². The number of aromatic nitrogens is 6. The summed E-state index contributed by atoms with van der Waals surface area (Å²) >= 11 is 1.57. The van der Waals surface area contributed by atoms with Crippen LogP contribution in [0.4, 0.5) is 4.39 Å². The molecule has 28 heavy (non-hydrogen) atoms. The van der Waals surface area contributed by atoms with E-state index in [9.17, 15) is 4.39 Å². The lowest BCUT2D eigenvalue weighted by molar-refractivity contribution is 0.626. The Labute approximate surface area is 165 Å². The van der Waals surface area contributed by atoms with Gasteiger partial charge in [0.15, 0.2) is 0 Å². The molecule has 1 aliphatic rings. The van der Waals surface area contributed by atoms with Gasteiger partial charge >= 0.3 is 0 Å². The largest absolute Gasteiger partial charge is 0.237 e. The van der Waals surface area contributed by atoms with Crippen molar-refractivity contribution in [3.05, 3.63) is 77.4 Å². The van der Waals surface area contributed by atoms with Gasteiger partial charge in [-0.1, -0.05) is 30.0 Å². The quantitative estimate of drug-likeness (QED) is 0.484. The Bertz CT molecular complexity index is 1100. The summed E-state index contributed by atoms with van der Waals surface area (Å²) < 4.78 is 17.0. The first-order valence-electron chi connectivity index (χ1n) is 9.12. The zero-order valence-electron chi connectivity index (χ0n) is 15.0. The van der Waals surface area contributed by atoms with Gasteiger partial charge in [-0.25, -0.2) is 9.07 Å². The maximum Gasteiger partial charge on any atom is 0.214 e. The van der Waals surface area contributed by atoms with Crippen molar-refractivity contribution in [1.82, 2.24) is 30.0 Å². The summed E-state index contributed by atoms with van der Waals surface area (Å²) in [5, 5.41) is 17.7. The minimum Gasteiger partial charge on any atom is -0.237 e. The lowest BCUT2D eigenvalue weighted by Gasteiger charge is -2.05. The minimum absolute atomic E-state index is 0.240. The molecule has 0 aliphatic heterocycles. The van der Waals surface area contributed by atoms with Gasteiger partial charge in [-0.3, -0.25) is 0 Å². The van der Waals surface area contributed by atoms with E-state index in [1.807, 2.05) is 35.0 Å². The van der Waals surface area contributed by atoms with Gasteiger partial charge in [0, 0.05) is 11.4 Å². The number of rotatable bonds is 5. The number of benzene rings is 2. The number of para-hydroxylation sites is 1. The second kappa shape index (κ2) is 7.20. The van der Waals surface area contributed by atoms with Crippen molar-refractivity contribution < 1.29 is 4.39 Å². The first-order chi connectivity index (χ1) is 13.8. The van der Waals surface area contributed by atoms with Crippen molar-refractivity contribution in [3.8, 4) is 11.4 Å². The molecule has 0 fully saturated rings. The highest BCUT2D eigenvalue weighted by molar-refractivity contribution is 7.98. The molecule has 0 bridgehead atoms. The topological polar surface area (TPSA) is 61.4 Å². The number of hydrogen-bond donors (Lipinski definition) is 0. The van der Waals surface area contributed by atoms with E-state index in [4.69, 9.17) is 5.10 Å². The Morgan fingerprint density at radius 3 is 2.54 bits per heavy atom. The molecule has 0 N–H and O–H groups in total. The van der Waals surface area contributed by atoms with Crippen LogP contribution in [0.25, 0.3) is 11.4 Å². The van der Waals surface area contributed by atoms with Crippen LogP contribution in [0.1, 0.15) is 23.4 Å². The van der Waals surface area contributed by atoms with Crippen LogP contribution in [0.3, 0.4) is 0 Å². The van der Waals surface area contributed by atoms with Crippen LogP contribution in [0.2, 0.25) is 0 Å². The number of fused-ring (bicyclic) bond motifs is 1. The van der Waals surface area contributed by atoms with Gasteiger partial charge in [0.25, 0.3) is 0 Å². The molecule has 0 saturated heterocycles. The van der Waals surface area contributed by atoms with Crippen LogP contribution in [-0.2, 0) is 18.6 Å². The SMILES string of the molecule is Fc1ccc(-n2nc(CSc3nnnn3-c3ccccc3)c3c2CCC3)cc1. The second-order valence-corrected chi connectivity index (χ2v) is 7.55. The van der Waals surface area contributed by atoms with E-state index in [0.29, 0.717) is 5.75 Å². The van der Waals surface area contributed by atoms with E-state index in [1.165, 1.54) is 23.4 Å². The van der Waals surface area contributed by atoms with Crippen molar-refractivity contribution in [2.45, 2.75) is 30.2 Å². The Hall–Kier alpha value is -3.00. The molecule has 0 atom stereocenters. The fourth-order valence-electron chi connectivity index (χ4n) is 3.56. The Morgan fingerprint density at radius 2 is 1.71 bits per heavy atom. The second-order valence-electron chi connectivity index (χ2n) is 6.61. The minimum atomic E-state index is -0.240. The highest BCUT2D eigenvalue weighted by Crippen LogP contribution is 2.31. The molecule has 0 amide bonds. The molecule has 6 nitrogen and oxygen atoms in total. The standard InChI is InChI=1S/C20H17FN6S/c21-14-9-11-16(12-10-14)26-19-8-4-7-17(19)18(23-26)13-28-20-22-24-25-27(20)15-5-2-1-3-6-15/h1-3,5-6,9-12H,4,7-8,13H2. The molecule has 8 heteroatoms. The number of tetrazole rings is 1. The monoisotopic (exact) mass is 392 g/mol. The molecule has 0 radical (unpaired) electrons. The summed E-state index contributed by atoms with van der Waals surface area (Å²) in [6, 6.07) is 16.3.